The van der Waals surface area contributed by atoms with Gasteiger partial charge in [0.2, 0.25) is 0 Å². The molecule has 0 radical (unpaired) electrons. The van der Waals surface area contributed by atoms with Crippen molar-refractivity contribution in [1.82, 2.24) is 0 Å². The van der Waals surface area contributed by atoms with Crippen molar-refractivity contribution in [3.63, 3.8) is 0 Å². The Hall–Kier alpha value is -1.76. The minimum absolute atomic E-state index is 0.719. The first-order valence-electron chi connectivity index (χ1n) is 11.1. The van der Waals surface area contributed by atoms with Gasteiger partial charge < -0.3 is 4.74 Å². The fraction of sp³-hybridized carbons (Fsp3) is 0.538. The van der Waals surface area contributed by atoms with E-state index in [1.165, 1.54) is 56.1 Å². The molecule has 0 heterocycles. The standard InChI is InChI=1S/C26H34O/c1-3-19-5-6-25-18-24(12-11-23(25)17-19)22-9-7-20(8-10-22)21-13-15-26(16-14-21)27-4-2/h7-10,13-16,19,23-25H,3-6,11-12,17-18H2,1-2H3/t19?,23-,24-,25-/m1/s1. The number of benzene rings is 2. The van der Waals surface area contributed by atoms with Crippen molar-refractivity contribution in [3.8, 4) is 16.9 Å². The van der Waals surface area contributed by atoms with Crippen molar-refractivity contribution in [3.05, 3.63) is 54.1 Å². The summed E-state index contributed by atoms with van der Waals surface area (Å²) in [5, 5.41) is 0. The molecular formula is C26H34O. The van der Waals surface area contributed by atoms with Crippen molar-refractivity contribution in [2.24, 2.45) is 17.8 Å². The summed E-state index contributed by atoms with van der Waals surface area (Å²) < 4.78 is 5.55. The van der Waals surface area contributed by atoms with Crippen molar-refractivity contribution in [2.45, 2.75) is 64.7 Å². The van der Waals surface area contributed by atoms with Gasteiger partial charge >= 0.3 is 0 Å². The summed E-state index contributed by atoms with van der Waals surface area (Å²) >= 11 is 0. The molecule has 2 saturated carbocycles. The maximum absolute atomic E-state index is 5.55. The molecule has 2 aliphatic rings. The van der Waals surface area contributed by atoms with Crippen LogP contribution >= 0.6 is 0 Å². The van der Waals surface area contributed by atoms with Crippen LogP contribution in [0.3, 0.4) is 0 Å². The first-order valence-corrected chi connectivity index (χ1v) is 11.1. The van der Waals surface area contributed by atoms with Crippen molar-refractivity contribution >= 4 is 0 Å². The molecule has 0 spiro atoms. The Morgan fingerprint density at radius 1 is 0.741 bits per heavy atom. The summed E-state index contributed by atoms with van der Waals surface area (Å²) in [5.74, 6) is 4.74. The third-order valence-corrected chi connectivity index (χ3v) is 7.18. The van der Waals surface area contributed by atoms with E-state index in [4.69, 9.17) is 4.74 Å². The van der Waals surface area contributed by atoms with Gasteiger partial charge in [-0.3, -0.25) is 0 Å². The number of hydrogen-bond acceptors (Lipinski definition) is 1. The molecule has 2 aliphatic carbocycles. The Labute approximate surface area is 165 Å². The Kier molecular flexibility index (Phi) is 5.86. The molecule has 0 N–H and O–H groups in total. The molecule has 2 aromatic carbocycles. The first-order chi connectivity index (χ1) is 13.3. The fourth-order valence-corrected chi connectivity index (χ4v) is 5.52. The van der Waals surface area contributed by atoms with Crippen LogP contribution in [0.1, 0.15) is 70.3 Å². The van der Waals surface area contributed by atoms with Gasteiger partial charge in [-0.2, -0.15) is 0 Å². The molecule has 4 atom stereocenters. The number of hydrogen-bond donors (Lipinski definition) is 0. The lowest BCUT2D eigenvalue weighted by molar-refractivity contribution is 0.116. The molecule has 27 heavy (non-hydrogen) atoms. The zero-order valence-electron chi connectivity index (χ0n) is 17.0. The fourth-order valence-electron chi connectivity index (χ4n) is 5.52. The zero-order valence-corrected chi connectivity index (χ0v) is 17.0. The molecular weight excluding hydrogens is 328 g/mol. The van der Waals surface area contributed by atoms with Crippen LogP contribution in [0.5, 0.6) is 5.75 Å². The summed E-state index contributed by atoms with van der Waals surface area (Å²) in [6.07, 6.45) is 10.1. The van der Waals surface area contributed by atoms with Gasteiger partial charge in [-0.15, -0.1) is 0 Å². The molecule has 1 heteroatoms. The lowest BCUT2D eigenvalue weighted by Gasteiger charge is -2.42. The third-order valence-electron chi connectivity index (χ3n) is 7.18. The molecule has 0 aliphatic heterocycles. The second kappa shape index (κ2) is 8.50. The largest absolute Gasteiger partial charge is 0.494 e. The zero-order chi connectivity index (χ0) is 18.6. The van der Waals surface area contributed by atoms with E-state index in [-0.39, 0.29) is 0 Å². The summed E-state index contributed by atoms with van der Waals surface area (Å²) in [4.78, 5) is 0. The molecule has 4 rings (SSSR count). The monoisotopic (exact) mass is 362 g/mol. The average molecular weight is 363 g/mol. The molecule has 0 aromatic heterocycles. The quantitative estimate of drug-likeness (QED) is 0.536. The van der Waals surface area contributed by atoms with Crippen molar-refractivity contribution in [2.75, 3.05) is 6.61 Å². The van der Waals surface area contributed by atoms with Gasteiger partial charge in [0.05, 0.1) is 6.61 Å². The van der Waals surface area contributed by atoms with Crippen LogP contribution in [0.2, 0.25) is 0 Å². The van der Waals surface area contributed by atoms with E-state index in [0.29, 0.717) is 0 Å². The van der Waals surface area contributed by atoms with Gasteiger partial charge in [0.25, 0.3) is 0 Å². The molecule has 1 nitrogen and oxygen atoms in total. The van der Waals surface area contributed by atoms with E-state index >= 15 is 0 Å². The molecule has 1 unspecified atom stereocenters. The Morgan fingerprint density at radius 3 is 2.04 bits per heavy atom. The van der Waals surface area contributed by atoms with Gasteiger partial charge in [-0.25, -0.2) is 0 Å². The third kappa shape index (κ3) is 4.23. The normalized spacial score (nSPS) is 27.8. The predicted molar refractivity (Wildman–Crippen MR) is 114 cm³/mol. The second-order valence-corrected chi connectivity index (χ2v) is 8.70. The minimum atomic E-state index is 0.719. The Balaban J connectivity index is 1.41. The number of fused-ring (bicyclic) bond motifs is 1. The first kappa shape index (κ1) is 18.6. The van der Waals surface area contributed by atoms with Crippen LogP contribution in [-0.4, -0.2) is 6.61 Å². The number of rotatable bonds is 5. The summed E-state index contributed by atoms with van der Waals surface area (Å²) in [5.41, 5.74) is 4.13. The summed E-state index contributed by atoms with van der Waals surface area (Å²) in [6.45, 7) is 5.12. The van der Waals surface area contributed by atoms with Crippen LogP contribution in [-0.2, 0) is 0 Å². The van der Waals surface area contributed by atoms with E-state index in [1.54, 1.807) is 5.56 Å². The molecule has 2 aromatic rings. The lowest BCUT2D eigenvalue weighted by atomic mass is 9.63. The maximum Gasteiger partial charge on any atom is 0.119 e. The average Bonchev–Trinajstić information content (AvgIpc) is 2.74. The molecule has 144 valence electrons. The maximum atomic E-state index is 5.55. The van der Waals surface area contributed by atoms with E-state index < -0.39 is 0 Å². The van der Waals surface area contributed by atoms with E-state index in [1.807, 2.05) is 6.92 Å². The van der Waals surface area contributed by atoms with Gasteiger partial charge in [-0.1, -0.05) is 56.2 Å². The van der Waals surface area contributed by atoms with Gasteiger partial charge in [0.15, 0.2) is 0 Å². The SMILES string of the molecule is CCOc1ccc(-c2ccc([C@@H]3CC[C@@H]4CC(CC)CC[C@@H]4C3)cc2)cc1. The van der Waals surface area contributed by atoms with E-state index in [2.05, 4.69) is 55.5 Å². The van der Waals surface area contributed by atoms with Crippen LogP contribution < -0.4 is 4.74 Å². The van der Waals surface area contributed by atoms with Crippen LogP contribution in [0.25, 0.3) is 11.1 Å². The van der Waals surface area contributed by atoms with Crippen LogP contribution in [0, 0.1) is 17.8 Å². The molecule has 0 amide bonds. The Bertz CT molecular complexity index is 715. The van der Waals surface area contributed by atoms with Gasteiger partial charge in [0.1, 0.15) is 5.75 Å². The predicted octanol–water partition coefficient (Wildman–Crippen LogP) is 7.46. The smallest absolute Gasteiger partial charge is 0.119 e. The van der Waals surface area contributed by atoms with E-state index in [0.717, 1.165) is 36.0 Å². The molecule has 0 saturated heterocycles. The Morgan fingerprint density at radius 2 is 1.37 bits per heavy atom. The highest BCUT2D eigenvalue weighted by atomic mass is 16.5. The van der Waals surface area contributed by atoms with Crippen LogP contribution in [0.15, 0.2) is 48.5 Å². The van der Waals surface area contributed by atoms with Gasteiger partial charge in [-0.05, 0) is 91.5 Å². The molecule has 2 fully saturated rings. The minimum Gasteiger partial charge on any atom is -0.494 e. The lowest BCUT2D eigenvalue weighted by Crippen LogP contribution is -2.30. The summed E-state index contributed by atoms with van der Waals surface area (Å²) in [6, 6.07) is 17.9. The highest BCUT2D eigenvalue weighted by Gasteiger charge is 2.35. The van der Waals surface area contributed by atoms with Crippen molar-refractivity contribution < 1.29 is 4.74 Å². The second-order valence-electron chi connectivity index (χ2n) is 8.70. The molecule has 0 bridgehead atoms. The number of ether oxygens (including phenoxy) is 1. The van der Waals surface area contributed by atoms with E-state index in [9.17, 15) is 0 Å². The van der Waals surface area contributed by atoms with Crippen LogP contribution in [0.4, 0.5) is 0 Å². The van der Waals surface area contributed by atoms with Gasteiger partial charge in [0, 0.05) is 0 Å². The summed E-state index contributed by atoms with van der Waals surface area (Å²) in [7, 11) is 0. The highest BCUT2D eigenvalue weighted by Crippen LogP contribution is 2.48. The highest BCUT2D eigenvalue weighted by molar-refractivity contribution is 5.64. The van der Waals surface area contributed by atoms with Crippen molar-refractivity contribution in [1.29, 1.82) is 0 Å². The topological polar surface area (TPSA) is 9.23 Å².